The molecule has 1 unspecified atom stereocenters. The second-order valence-electron chi connectivity index (χ2n) is 7.45. The fraction of sp³-hybridized carbons (Fsp3) is 0.700. The second-order valence-corrected chi connectivity index (χ2v) is 7.45. The summed E-state index contributed by atoms with van der Waals surface area (Å²) in [6.45, 7) is 13.6. The molecule has 0 bridgehead atoms. The Labute approximate surface area is 163 Å². The molecule has 7 heteroatoms. The molecule has 3 N–H and O–H groups in total. The number of likely N-dealkylation sites (N-methyl/N-ethyl adjacent to an activating group) is 2. The standard InChI is InChI=1S/C20H35N7/c1-3-25-10-12-27(13-11-25)19-14-17(7-8-22-19)15-23-20(21)24-16-18-6-5-9-26(18)4-2/h7-8,14,18H,3-6,9-13,15-16H2,1-2H3,(H3,21,23,24). The largest absolute Gasteiger partial charge is 0.370 e. The van der Waals surface area contributed by atoms with Crippen molar-refractivity contribution in [2.75, 3.05) is 57.3 Å². The van der Waals surface area contributed by atoms with Crippen LogP contribution in [0.4, 0.5) is 5.82 Å². The first-order chi connectivity index (χ1) is 13.2. The molecule has 3 rings (SSSR count). The summed E-state index contributed by atoms with van der Waals surface area (Å²) < 4.78 is 0. The van der Waals surface area contributed by atoms with Gasteiger partial charge in [-0.25, -0.2) is 9.98 Å². The lowest BCUT2D eigenvalue weighted by Crippen LogP contribution is -2.46. The lowest BCUT2D eigenvalue weighted by molar-refractivity contribution is 0.267. The maximum atomic E-state index is 6.09. The highest BCUT2D eigenvalue weighted by molar-refractivity contribution is 5.77. The van der Waals surface area contributed by atoms with Gasteiger partial charge in [0.1, 0.15) is 5.82 Å². The van der Waals surface area contributed by atoms with Crippen molar-refractivity contribution in [2.45, 2.75) is 39.3 Å². The molecule has 7 nitrogen and oxygen atoms in total. The van der Waals surface area contributed by atoms with Crippen LogP contribution in [-0.4, -0.2) is 79.1 Å². The van der Waals surface area contributed by atoms with Crippen LogP contribution >= 0.6 is 0 Å². The third-order valence-corrected chi connectivity index (χ3v) is 5.81. The molecule has 2 fully saturated rings. The fourth-order valence-corrected chi connectivity index (χ4v) is 4.02. The number of guanidine groups is 1. The summed E-state index contributed by atoms with van der Waals surface area (Å²) in [5.74, 6) is 1.59. The van der Waals surface area contributed by atoms with Crippen LogP contribution < -0.4 is 16.0 Å². The molecular formula is C20H35N7. The van der Waals surface area contributed by atoms with Gasteiger partial charge in [-0.1, -0.05) is 13.8 Å². The molecule has 2 aliphatic heterocycles. The van der Waals surface area contributed by atoms with E-state index in [2.05, 4.69) is 49.9 Å². The quantitative estimate of drug-likeness (QED) is 0.551. The van der Waals surface area contributed by atoms with E-state index < -0.39 is 0 Å². The number of hydrogen-bond acceptors (Lipinski definition) is 5. The number of likely N-dealkylation sites (tertiary alicyclic amines) is 1. The minimum Gasteiger partial charge on any atom is -0.370 e. The molecule has 3 heterocycles. The van der Waals surface area contributed by atoms with Crippen LogP contribution in [0.25, 0.3) is 0 Å². The van der Waals surface area contributed by atoms with Crippen molar-refractivity contribution in [1.29, 1.82) is 0 Å². The number of hydrogen-bond donors (Lipinski definition) is 2. The number of piperazine rings is 1. The van der Waals surface area contributed by atoms with Gasteiger partial charge in [0.25, 0.3) is 0 Å². The molecule has 0 amide bonds. The number of rotatable bonds is 7. The average molecular weight is 374 g/mol. The van der Waals surface area contributed by atoms with Crippen LogP contribution in [0.5, 0.6) is 0 Å². The highest BCUT2D eigenvalue weighted by Gasteiger charge is 2.22. The molecular weight excluding hydrogens is 338 g/mol. The third kappa shape index (κ3) is 5.56. The van der Waals surface area contributed by atoms with Crippen molar-refractivity contribution in [3.63, 3.8) is 0 Å². The van der Waals surface area contributed by atoms with E-state index in [0.29, 0.717) is 18.5 Å². The molecule has 2 saturated heterocycles. The summed E-state index contributed by atoms with van der Waals surface area (Å²) in [5, 5.41) is 3.30. The van der Waals surface area contributed by atoms with Gasteiger partial charge in [0.2, 0.25) is 0 Å². The predicted octanol–water partition coefficient (Wildman–Crippen LogP) is 1.11. The molecule has 1 aromatic heterocycles. The monoisotopic (exact) mass is 373 g/mol. The highest BCUT2D eigenvalue weighted by atomic mass is 15.3. The average Bonchev–Trinajstić information content (AvgIpc) is 3.18. The molecule has 150 valence electrons. The van der Waals surface area contributed by atoms with Crippen molar-refractivity contribution >= 4 is 11.8 Å². The molecule has 0 saturated carbocycles. The maximum Gasteiger partial charge on any atom is 0.188 e. The summed E-state index contributed by atoms with van der Waals surface area (Å²) in [5.41, 5.74) is 7.24. The Kier molecular flexibility index (Phi) is 7.29. The Balaban J connectivity index is 1.49. The van der Waals surface area contributed by atoms with Gasteiger partial charge in [-0.2, -0.15) is 0 Å². The molecule has 1 atom stereocenters. The zero-order chi connectivity index (χ0) is 19.1. The van der Waals surface area contributed by atoms with Gasteiger partial charge < -0.3 is 20.9 Å². The molecule has 2 aliphatic rings. The molecule has 0 aromatic carbocycles. The SMILES string of the molecule is CCN1CCN(c2cc(CN=C(N)NCC3CCCN3CC)ccn2)CC1. The van der Waals surface area contributed by atoms with Crippen molar-refractivity contribution in [3.8, 4) is 0 Å². The van der Waals surface area contributed by atoms with Crippen LogP contribution in [0.3, 0.4) is 0 Å². The second kappa shape index (κ2) is 9.90. The van der Waals surface area contributed by atoms with Crippen molar-refractivity contribution in [2.24, 2.45) is 10.7 Å². The topological polar surface area (TPSA) is 73.0 Å². The van der Waals surface area contributed by atoms with Crippen molar-refractivity contribution < 1.29 is 0 Å². The van der Waals surface area contributed by atoms with Gasteiger partial charge in [-0.15, -0.1) is 0 Å². The number of nitrogens with one attached hydrogen (secondary N) is 1. The molecule has 0 radical (unpaired) electrons. The zero-order valence-electron chi connectivity index (χ0n) is 16.9. The number of nitrogens with zero attached hydrogens (tertiary/aromatic N) is 5. The van der Waals surface area contributed by atoms with E-state index in [-0.39, 0.29) is 0 Å². The smallest absolute Gasteiger partial charge is 0.188 e. The summed E-state index contributed by atoms with van der Waals surface area (Å²) >= 11 is 0. The lowest BCUT2D eigenvalue weighted by Gasteiger charge is -2.34. The van der Waals surface area contributed by atoms with Gasteiger partial charge in [-0.3, -0.25) is 4.90 Å². The number of anilines is 1. The van der Waals surface area contributed by atoms with Gasteiger partial charge in [0, 0.05) is 45.0 Å². The first-order valence-corrected chi connectivity index (χ1v) is 10.4. The van der Waals surface area contributed by atoms with E-state index in [1.165, 1.54) is 19.4 Å². The van der Waals surface area contributed by atoms with E-state index in [0.717, 1.165) is 57.2 Å². The summed E-state index contributed by atoms with van der Waals surface area (Å²) in [6, 6.07) is 4.75. The van der Waals surface area contributed by atoms with E-state index >= 15 is 0 Å². The van der Waals surface area contributed by atoms with E-state index in [4.69, 9.17) is 5.73 Å². The number of nitrogens with two attached hydrogens (primary N) is 1. The minimum atomic E-state index is 0.535. The van der Waals surface area contributed by atoms with Crippen LogP contribution in [0.2, 0.25) is 0 Å². The first-order valence-electron chi connectivity index (χ1n) is 10.4. The van der Waals surface area contributed by atoms with Crippen LogP contribution in [0.1, 0.15) is 32.3 Å². The number of pyridine rings is 1. The third-order valence-electron chi connectivity index (χ3n) is 5.81. The van der Waals surface area contributed by atoms with Crippen LogP contribution in [-0.2, 0) is 6.54 Å². The Morgan fingerprint density at radius 1 is 1.22 bits per heavy atom. The Morgan fingerprint density at radius 3 is 2.78 bits per heavy atom. The maximum absolute atomic E-state index is 6.09. The van der Waals surface area contributed by atoms with Gasteiger partial charge in [0.05, 0.1) is 6.54 Å². The van der Waals surface area contributed by atoms with E-state index in [9.17, 15) is 0 Å². The fourth-order valence-electron chi connectivity index (χ4n) is 4.02. The van der Waals surface area contributed by atoms with E-state index in [1.807, 2.05) is 12.3 Å². The van der Waals surface area contributed by atoms with Gasteiger partial charge >= 0.3 is 0 Å². The normalized spacial score (nSPS) is 22.4. The van der Waals surface area contributed by atoms with Crippen molar-refractivity contribution in [3.05, 3.63) is 23.9 Å². The Morgan fingerprint density at radius 2 is 2.04 bits per heavy atom. The zero-order valence-corrected chi connectivity index (χ0v) is 16.9. The summed E-state index contributed by atoms with van der Waals surface area (Å²) in [4.78, 5) is 16.4. The molecule has 1 aromatic rings. The predicted molar refractivity (Wildman–Crippen MR) is 112 cm³/mol. The number of aromatic nitrogens is 1. The number of aliphatic imine (C=N–C) groups is 1. The van der Waals surface area contributed by atoms with Gasteiger partial charge in [-0.05, 0) is 50.2 Å². The summed E-state index contributed by atoms with van der Waals surface area (Å²) in [6.07, 6.45) is 4.41. The van der Waals surface area contributed by atoms with Crippen LogP contribution in [0.15, 0.2) is 23.3 Å². The molecule has 27 heavy (non-hydrogen) atoms. The lowest BCUT2D eigenvalue weighted by atomic mass is 10.2. The molecule has 0 spiro atoms. The van der Waals surface area contributed by atoms with Gasteiger partial charge in [0.15, 0.2) is 5.96 Å². The van der Waals surface area contributed by atoms with E-state index in [1.54, 1.807) is 0 Å². The molecule has 0 aliphatic carbocycles. The van der Waals surface area contributed by atoms with Crippen molar-refractivity contribution in [1.82, 2.24) is 20.1 Å². The highest BCUT2D eigenvalue weighted by Crippen LogP contribution is 2.16. The minimum absolute atomic E-state index is 0.535. The van der Waals surface area contributed by atoms with Crippen LogP contribution in [0, 0.1) is 0 Å². The first kappa shape index (κ1) is 19.9. The Bertz CT molecular complexity index is 610. The Hall–Kier alpha value is -1.86. The summed E-state index contributed by atoms with van der Waals surface area (Å²) in [7, 11) is 0.